The van der Waals surface area contributed by atoms with Gasteiger partial charge >= 0.3 is 0 Å². The van der Waals surface area contributed by atoms with E-state index in [9.17, 15) is 4.21 Å². The van der Waals surface area contributed by atoms with E-state index in [1.54, 1.807) is 12.1 Å². The molecule has 1 atom stereocenters. The van der Waals surface area contributed by atoms with Gasteiger partial charge in [0.25, 0.3) is 0 Å². The molecule has 0 aliphatic rings. The Morgan fingerprint density at radius 1 is 1.17 bits per heavy atom. The van der Waals surface area contributed by atoms with Crippen LogP contribution in [0.25, 0.3) is 0 Å². The van der Waals surface area contributed by atoms with Gasteiger partial charge in [0, 0.05) is 25.3 Å². The molecule has 0 aliphatic carbocycles. The fourth-order valence-corrected chi connectivity index (χ4v) is 3.97. The molecule has 0 radical (unpaired) electrons. The van der Waals surface area contributed by atoms with E-state index in [1.165, 1.54) is 0 Å². The van der Waals surface area contributed by atoms with Crippen molar-refractivity contribution in [1.82, 2.24) is 4.31 Å². The van der Waals surface area contributed by atoms with Crippen LogP contribution in [-0.4, -0.2) is 28.1 Å². The second kappa shape index (κ2) is 6.75. The Hall–Kier alpha value is -1.07. The monoisotopic (exact) mass is 269 g/mol. The zero-order valence-corrected chi connectivity index (χ0v) is 12.2. The van der Waals surface area contributed by atoms with Gasteiger partial charge in [-0.25, -0.2) is 12.9 Å². The zero-order chi connectivity index (χ0) is 13.6. The second-order valence-corrected chi connectivity index (χ2v) is 6.27. The summed E-state index contributed by atoms with van der Waals surface area (Å²) in [6.45, 7) is 8.08. The van der Waals surface area contributed by atoms with Gasteiger partial charge < -0.3 is 5.73 Å². The number of rotatable bonds is 6. The van der Waals surface area contributed by atoms with Crippen LogP contribution < -0.4 is 5.73 Å². The SMILES string of the molecule is CCCN=S(=O)(c1ccc(N)cc1)N(CC)CC. The van der Waals surface area contributed by atoms with Crippen LogP contribution in [0, 0.1) is 0 Å². The Labute approximate surface area is 110 Å². The molecule has 1 unspecified atom stereocenters. The lowest BCUT2D eigenvalue weighted by molar-refractivity contribution is 0.480. The molecule has 2 N–H and O–H groups in total. The van der Waals surface area contributed by atoms with E-state index < -0.39 is 9.92 Å². The topological polar surface area (TPSA) is 58.7 Å². The summed E-state index contributed by atoms with van der Waals surface area (Å²) in [5.74, 6) is 0. The van der Waals surface area contributed by atoms with Gasteiger partial charge in [0.05, 0.1) is 4.90 Å². The molecule has 0 spiro atoms. The Balaban J connectivity index is 3.28. The van der Waals surface area contributed by atoms with Gasteiger partial charge in [-0.1, -0.05) is 20.8 Å². The molecule has 4 nitrogen and oxygen atoms in total. The normalized spacial score (nSPS) is 14.4. The summed E-state index contributed by atoms with van der Waals surface area (Å²) < 4.78 is 19.5. The van der Waals surface area contributed by atoms with Crippen LogP contribution in [0.15, 0.2) is 33.5 Å². The molecule has 0 saturated carbocycles. The second-order valence-electron chi connectivity index (χ2n) is 4.03. The summed E-state index contributed by atoms with van der Waals surface area (Å²) in [6, 6.07) is 7.18. The first-order valence-electron chi connectivity index (χ1n) is 6.42. The largest absolute Gasteiger partial charge is 0.399 e. The maximum absolute atomic E-state index is 13.1. The van der Waals surface area contributed by atoms with E-state index in [2.05, 4.69) is 4.36 Å². The third-order valence-corrected chi connectivity index (χ3v) is 5.37. The highest BCUT2D eigenvalue weighted by molar-refractivity contribution is 7.91. The number of benzene rings is 1. The molecule has 18 heavy (non-hydrogen) atoms. The third kappa shape index (κ3) is 3.23. The summed E-state index contributed by atoms with van der Waals surface area (Å²) in [5.41, 5.74) is 6.35. The van der Waals surface area contributed by atoms with Crippen molar-refractivity contribution in [3.63, 3.8) is 0 Å². The van der Waals surface area contributed by atoms with E-state index in [0.717, 1.165) is 11.3 Å². The van der Waals surface area contributed by atoms with Crippen molar-refractivity contribution in [2.45, 2.75) is 32.1 Å². The first kappa shape index (κ1) is 15.0. The molecule has 0 heterocycles. The van der Waals surface area contributed by atoms with Gasteiger partial charge in [-0.15, -0.1) is 0 Å². The van der Waals surface area contributed by atoms with Gasteiger partial charge in [0.1, 0.15) is 9.92 Å². The van der Waals surface area contributed by atoms with Gasteiger partial charge in [0.15, 0.2) is 0 Å². The fourth-order valence-electron chi connectivity index (χ4n) is 1.74. The van der Waals surface area contributed by atoms with Crippen molar-refractivity contribution in [2.24, 2.45) is 4.36 Å². The highest BCUT2D eigenvalue weighted by Crippen LogP contribution is 2.20. The average molecular weight is 269 g/mol. The molecule has 0 amide bonds. The van der Waals surface area contributed by atoms with Crippen LogP contribution in [0.3, 0.4) is 0 Å². The molecule has 0 aliphatic heterocycles. The maximum atomic E-state index is 13.1. The summed E-state index contributed by atoms with van der Waals surface area (Å²) in [4.78, 5) is 0.744. The molecular weight excluding hydrogens is 246 g/mol. The fraction of sp³-hybridized carbons (Fsp3) is 0.538. The quantitative estimate of drug-likeness (QED) is 0.807. The molecular formula is C13H23N3OS. The van der Waals surface area contributed by atoms with Gasteiger partial charge in [-0.3, -0.25) is 0 Å². The predicted octanol–water partition coefficient (Wildman–Crippen LogP) is 2.76. The molecule has 0 fully saturated rings. The van der Waals surface area contributed by atoms with Crippen LogP contribution >= 0.6 is 0 Å². The van der Waals surface area contributed by atoms with Crippen molar-refractivity contribution in [2.75, 3.05) is 25.4 Å². The average Bonchev–Trinajstić information content (AvgIpc) is 2.38. The van der Waals surface area contributed by atoms with E-state index in [0.29, 0.717) is 25.3 Å². The highest BCUT2D eigenvalue weighted by Gasteiger charge is 2.19. The van der Waals surface area contributed by atoms with Gasteiger partial charge in [-0.2, -0.15) is 0 Å². The smallest absolute Gasteiger partial charge is 0.139 e. The summed E-state index contributed by atoms with van der Waals surface area (Å²) in [7, 11) is -2.48. The number of hydrogen-bond acceptors (Lipinski definition) is 3. The highest BCUT2D eigenvalue weighted by atomic mass is 32.2. The number of nitrogens with two attached hydrogens (primary N) is 1. The van der Waals surface area contributed by atoms with Crippen molar-refractivity contribution in [3.8, 4) is 0 Å². The van der Waals surface area contributed by atoms with Gasteiger partial charge in [-0.05, 0) is 30.7 Å². The van der Waals surface area contributed by atoms with Crippen LogP contribution in [0.4, 0.5) is 5.69 Å². The summed E-state index contributed by atoms with van der Waals surface area (Å²) >= 11 is 0. The molecule has 1 aromatic rings. The molecule has 0 saturated heterocycles. The first-order valence-corrected chi connectivity index (χ1v) is 7.89. The van der Waals surface area contributed by atoms with E-state index in [4.69, 9.17) is 5.73 Å². The molecule has 5 heteroatoms. The number of nitrogen functional groups attached to an aromatic ring is 1. The number of anilines is 1. The number of hydrogen-bond donors (Lipinski definition) is 1. The van der Waals surface area contributed by atoms with Crippen molar-refractivity contribution >= 4 is 15.6 Å². The molecule has 0 bridgehead atoms. The van der Waals surface area contributed by atoms with E-state index in [-0.39, 0.29) is 0 Å². The number of nitrogens with zero attached hydrogens (tertiary/aromatic N) is 2. The Kier molecular flexibility index (Phi) is 5.62. The maximum Gasteiger partial charge on any atom is 0.139 e. The lowest BCUT2D eigenvalue weighted by Crippen LogP contribution is -2.30. The Bertz CT molecular complexity index is 472. The van der Waals surface area contributed by atoms with Crippen LogP contribution in [0.5, 0.6) is 0 Å². The van der Waals surface area contributed by atoms with Gasteiger partial charge in [0.2, 0.25) is 0 Å². The predicted molar refractivity (Wildman–Crippen MR) is 77.8 cm³/mol. The minimum Gasteiger partial charge on any atom is -0.399 e. The molecule has 1 rings (SSSR count). The lowest BCUT2D eigenvalue weighted by Gasteiger charge is -2.23. The van der Waals surface area contributed by atoms with E-state index >= 15 is 0 Å². The molecule has 1 aromatic carbocycles. The Morgan fingerprint density at radius 3 is 2.17 bits per heavy atom. The standard InChI is InChI=1S/C13H23N3OS/c1-4-11-15-18(17,16(5-2)6-3)13-9-7-12(14)8-10-13/h7-10H,4-6,11,14H2,1-3H3. The zero-order valence-electron chi connectivity index (χ0n) is 11.4. The Morgan fingerprint density at radius 2 is 1.72 bits per heavy atom. The van der Waals surface area contributed by atoms with Crippen molar-refractivity contribution < 1.29 is 4.21 Å². The van der Waals surface area contributed by atoms with Crippen LogP contribution in [0.1, 0.15) is 27.2 Å². The first-order chi connectivity index (χ1) is 8.58. The van der Waals surface area contributed by atoms with E-state index in [1.807, 2.05) is 37.2 Å². The summed E-state index contributed by atoms with van der Waals surface area (Å²) in [6.07, 6.45) is 0.896. The van der Waals surface area contributed by atoms with Crippen molar-refractivity contribution in [3.05, 3.63) is 24.3 Å². The van der Waals surface area contributed by atoms with Crippen molar-refractivity contribution in [1.29, 1.82) is 0 Å². The minimum absolute atomic E-state index is 0.611. The van der Waals surface area contributed by atoms with Crippen LogP contribution in [0.2, 0.25) is 0 Å². The summed E-state index contributed by atoms with van der Waals surface area (Å²) in [5, 5.41) is 0. The lowest BCUT2D eigenvalue weighted by atomic mass is 10.3. The van der Waals surface area contributed by atoms with Crippen LogP contribution in [-0.2, 0) is 9.92 Å². The molecule has 0 aromatic heterocycles. The third-order valence-electron chi connectivity index (χ3n) is 2.73. The molecule has 102 valence electrons. The minimum atomic E-state index is -2.48.